The smallest absolute Gasteiger partial charge is 0.374 e. The van der Waals surface area contributed by atoms with Crippen LogP contribution in [-0.2, 0) is 26.4 Å². The summed E-state index contributed by atoms with van der Waals surface area (Å²) in [7, 11) is 1.89. The molecule has 5 nitrogen and oxygen atoms in total. The van der Waals surface area contributed by atoms with E-state index in [1.165, 1.54) is 0 Å². The fraction of sp³-hybridized carbons (Fsp3) is 0.231. The van der Waals surface area contributed by atoms with Gasteiger partial charge in [-0.1, -0.05) is 36.4 Å². The molecule has 0 saturated heterocycles. The third-order valence-electron chi connectivity index (χ3n) is 6.57. The normalized spacial score (nSPS) is 13.9. The van der Waals surface area contributed by atoms with Crippen molar-refractivity contribution in [1.82, 2.24) is 8.97 Å². The zero-order valence-electron chi connectivity index (χ0n) is 17.8. The Kier molecular flexibility index (Phi) is 3.93. The number of aryl methyl sites for hydroxylation is 3. The van der Waals surface area contributed by atoms with Crippen molar-refractivity contribution in [2.75, 3.05) is 0 Å². The van der Waals surface area contributed by atoms with Crippen LogP contribution < -0.4 is 10.1 Å². The number of hydrogen-bond donors (Lipinski definition) is 0. The molecule has 0 unspecified atom stereocenters. The van der Waals surface area contributed by atoms with Crippen LogP contribution in [0.15, 0.2) is 57.7 Å². The first-order valence-corrected chi connectivity index (χ1v) is 10.9. The summed E-state index contributed by atoms with van der Waals surface area (Å²) in [5.74, 6) is 0.823. The van der Waals surface area contributed by atoms with Crippen molar-refractivity contribution in [1.29, 1.82) is 0 Å². The van der Waals surface area contributed by atoms with Crippen LogP contribution in [0.4, 0.5) is 0 Å². The van der Waals surface area contributed by atoms with Gasteiger partial charge in [-0.15, -0.1) is 0 Å². The highest BCUT2D eigenvalue weighted by Crippen LogP contribution is 2.32. The van der Waals surface area contributed by atoms with Gasteiger partial charge in [0.25, 0.3) is 11.1 Å². The Labute approximate surface area is 179 Å². The molecule has 3 heterocycles. The second-order valence-electron chi connectivity index (χ2n) is 8.22. The molecule has 3 aromatic heterocycles. The highest BCUT2D eigenvalue weighted by atomic mass is 16.3. The van der Waals surface area contributed by atoms with Crippen LogP contribution in [0.1, 0.15) is 36.2 Å². The van der Waals surface area contributed by atoms with Gasteiger partial charge in [-0.25, -0.2) is 0 Å². The van der Waals surface area contributed by atoms with Gasteiger partial charge in [0.15, 0.2) is 0 Å². The molecule has 5 heteroatoms. The zero-order chi connectivity index (χ0) is 21.1. The summed E-state index contributed by atoms with van der Waals surface area (Å²) in [4.78, 5) is 13.0. The summed E-state index contributed by atoms with van der Waals surface area (Å²) < 4.78 is 12.5. The number of nitrogens with zero attached hydrogens (tertiary/aromatic N) is 3. The van der Waals surface area contributed by atoms with E-state index in [9.17, 15) is 4.79 Å². The maximum absolute atomic E-state index is 13.0. The lowest BCUT2D eigenvalue weighted by Gasteiger charge is -2.11. The van der Waals surface area contributed by atoms with E-state index in [4.69, 9.17) is 4.42 Å². The third-order valence-corrected chi connectivity index (χ3v) is 6.57. The molecular formula is C26H24N3O2+. The van der Waals surface area contributed by atoms with Crippen molar-refractivity contribution >= 4 is 39.7 Å². The molecule has 154 valence electrons. The van der Waals surface area contributed by atoms with E-state index in [2.05, 4.69) is 52.3 Å². The van der Waals surface area contributed by atoms with Gasteiger partial charge < -0.3 is 4.42 Å². The first-order chi connectivity index (χ1) is 15.2. The average Bonchev–Trinajstić information content (AvgIpc) is 3.49. The van der Waals surface area contributed by atoms with E-state index < -0.39 is 0 Å². The lowest BCUT2D eigenvalue weighted by molar-refractivity contribution is -0.674. The Morgan fingerprint density at radius 3 is 2.65 bits per heavy atom. The van der Waals surface area contributed by atoms with E-state index in [-0.39, 0.29) is 5.56 Å². The molecule has 0 fully saturated rings. The van der Waals surface area contributed by atoms with Gasteiger partial charge >= 0.3 is 5.89 Å². The van der Waals surface area contributed by atoms with E-state index >= 15 is 0 Å². The molecule has 0 bridgehead atoms. The lowest BCUT2D eigenvalue weighted by atomic mass is 10.1. The van der Waals surface area contributed by atoms with E-state index in [1.54, 1.807) is 0 Å². The highest BCUT2D eigenvalue weighted by Gasteiger charge is 2.24. The molecule has 1 aliphatic carbocycles. The maximum atomic E-state index is 13.0. The largest absolute Gasteiger partial charge is 0.398 e. The number of hydrogen-bond acceptors (Lipinski definition) is 2. The molecule has 0 spiro atoms. The molecular weight excluding hydrogens is 386 g/mol. The quantitative estimate of drug-likeness (QED) is 0.411. The zero-order valence-corrected chi connectivity index (χ0v) is 17.8. The molecule has 6 rings (SSSR count). The molecule has 0 N–H and O–H groups in total. The molecule has 31 heavy (non-hydrogen) atoms. The van der Waals surface area contributed by atoms with Crippen molar-refractivity contribution in [3.63, 3.8) is 0 Å². The van der Waals surface area contributed by atoms with Crippen molar-refractivity contribution in [2.45, 2.75) is 32.7 Å². The van der Waals surface area contributed by atoms with Crippen LogP contribution in [-0.4, -0.2) is 8.97 Å². The number of para-hydroxylation sites is 2. The van der Waals surface area contributed by atoms with Crippen molar-refractivity contribution < 1.29 is 8.98 Å². The van der Waals surface area contributed by atoms with E-state index in [1.807, 2.05) is 35.9 Å². The number of oxazole rings is 1. The molecule has 5 aromatic rings. The minimum atomic E-state index is 0.139. The van der Waals surface area contributed by atoms with Crippen LogP contribution in [0.2, 0.25) is 0 Å². The van der Waals surface area contributed by atoms with Gasteiger partial charge in [0, 0.05) is 35.1 Å². The van der Waals surface area contributed by atoms with Gasteiger partial charge in [0.1, 0.15) is 12.2 Å². The summed E-state index contributed by atoms with van der Waals surface area (Å²) in [5, 5.41) is 2.25. The number of benzene rings is 2. The summed E-state index contributed by atoms with van der Waals surface area (Å²) in [6.07, 6.45) is 7.02. The van der Waals surface area contributed by atoms with Gasteiger partial charge in [-0.05, 0) is 38.3 Å². The first kappa shape index (κ1) is 18.2. The second-order valence-corrected chi connectivity index (χ2v) is 8.22. The van der Waals surface area contributed by atoms with Gasteiger partial charge in [0.05, 0.1) is 11.8 Å². The SMILES string of the molecule is CC[n+]1c(/C=C/c2c3ccccc3c3n(C)c(=O)c4c(n23)CCC4)oc2ccccc21. The molecule has 0 aliphatic heterocycles. The highest BCUT2D eigenvalue weighted by molar-refractivity contribution is 6.02. The van der Waals surface area contributed by atoms with Gasteiger partial charge in [-0.3, -0.25) is 13.8 Å². The molecule has 0 radical (unpaired) electrons. The minimum Gasteiger partial charge on any atom is -0.398 e. The Morgan fingerprint density at radius 2 is 1.81 bits per heavy atom. The predicted molar refractivity (Wildman–Crippen MR) is 123 cm³/mol. The lowest BCUT2D eigenvalue weighted by Crippen LogP contribution is -2.33. The third kappa shape index (κ3) is 2.49. The van der Waals surface area contributed by atoms with Crippen LogP contribution >= 0.6 is 0 Å². The fourth-order valence-electron chi connectivity index (χ4n) is 5.18. The Morgan fingerprint density at radius 1 is 1.03 bits per heavy atom. The number of fused-ring (bicyclic) bond motifs is 6. The monoisotopic (exact) mass is 410 g/mol. The van der Waals surface area contributed by atoms with Crippen LogP contribution in [0.5, 0.6) is 0 Å². The molecule has 0 saturated carbocycles. The topological polar surface area (TPSA) is 43.4 Å². The Hall–Kier alpha value is -3.60. The van der Waals surface area contributed by atoms with E-state index in [0.29, 0.717) is 0 Å². The molecule has 0 atom stereocenters. The fourth-order valence-corrected chi connectivity index (χ4v) is 5.18. The van der Waals surface area contributed by atoms with Crippen molar-refractivity contribution in [3.05, 3.63) is 81.7 Å². The van der Waals surface area contributed by atoms with E-state index in [0.717, 1.165) is 76.2 Å². The summed E-state index contributed by atoms with van der Waals surface area (Å²) in [5.41, 5.74) is 6.30. The number of aromatic nitrogens is 3. The second kappa shape index (κ2) is 6.71. The molecule has 1 aliphatic rings. The minimum absolute atomic E-state index is 0.139. The van der Waals surface area contributed by atoms with Gasteiger partial charge in [0.2, 0.25) is 5.58 Å². The summed E-state index contributed by atoms with van der Waals surface area (Å²) >= 11 is 0. The standard InChI is InChI=1S/C26H24N3O2/c1-3-28-22-12-6-7-14-23(22)31-24(28)16-15-21-17-9-4-5-10-18(17)25-27(2)26(30)19-11-8-13-20(19)29(21)25/h4-7,9-10,12,14-16H,3,8,11,13H2,1-2H3/q+1. The number of rotatable bonds is 3. The first-order valence-electron chi connectivity index (χ1n) is 10.9. The molecule has 0 amide bonds. The predicted octanol–water partition coefficient (Wildman–Crippen LogP) is 4.50. The maximum Gasteiger partial charge on any atom is 0.374 e. The molecule has 2 aromatic carbocycles. The Balaban J connectivity index is 1.66. The Bertz CT molecular complexity index is 1580. The summed E-state index contributed by atoms with van der Waals surface area (Å²) in [6.45, 7) is 2.96. The van der Waals surface area contributed by atoms with Crippen LogP contribution in [0, 0.1) is 0 Å². The van der Waals surface area contributed by atoms with Crippen molar-refractivity contribution in [3.8, 4) is 0 Å². The van der Waals surface area contributed by atoms with Gasteiger partial charge in [-0.2, -0.15) is 4.57 Å². The van der Waals surface area contributed by atoms with Crippen LogP contribution in [0.25, 0.3) is 39.7 Å². The van der Waals surface area contributed by atoms with Crippen molar-refractivity contribution in [2.24, 2.45) is 7.05 Å². The summed E-state index contributed by atoms with van der Waals surface area (Å²) in [6, 6.07) is 16.5. The van der Waals surface area contributed by atoms with Crippen LogP contribution in [0.3, 0.4) is 0 Å². The average molecular weight is 410 g/mol.